The summed E-state index contributed by atoms with van der Waals surface area (Å²) in [5.74, 6) is 0. The zero-order chi connectivity index (χ0) is 9.30. The van der Waals surface area contributed by atoms with Crippen LogP contribution in [0, 0.1) is 10.1 Å². The SMILES string of the molecule is O=[N+]([O-])c1cc(Br)c(Cl)cc1Cl. The highest BCUT2D eigenvalue weighted by Crippen LogP contribution is 2.33. The van der Waals surface area contributed by atoms with Crippen molar-refractivity contribution in [1.82, 2.24) is 0 Å². The van der Waals surface area contributed by atoms with Gasteiger partial charge in [-0.15, -0.1) is 0 Å². The number of nitro benzene ring substituents is 1. The number of hydrogen-bond acceptors (Lipinski definition) is 2. The summed E-state index contributed by atoms with van der Waals surface area (Å²) < 4.78 is 0.459. The van der Waals surface area contributed by atoms with E-state index < -0.39 is 4.92 Å². The third-order valence-electron chi connectivity index (χ3n) is 1.19. The number of nitro groups is 1. The van der Waals surface area contributed by atoms with E-state index in [1.54, 1.807) is 0 Å². The zero-order valence-corrected chi connectivity index (χ0v) is 8.65. The molecule has 0 saturated carbocycles. The number of hydrogen-bond donors (Lipinski definition) is 0. The third kappa shape index (κ3) is 1.88. The largest absolute Gasteiger partial charge is 0.289 e. The molecule has 0 bridgehead atoms. The molecule has 0 heterocycles. The van der Waals surface area contributed by atoms with Gasteiger partial charge in [-0.05, 0) is 22.0 Å². The molecule has 0 fully saturated rings. The van der Waals surface area contributed by atoms with Gasteiger partial charge in [0.15, 0.2) is 0 Å². The van der Waals surface area contributed by atoms with Crippen molar-refractivity contribution in [3.8, 4) is 0 Å². The van der Waals surface area contributed by atoms with Crippen molar-refractivity contribution in [3.05, 3.63) is 36.8 Å². The lowest BCUT2D eigenvalue weighted by Gasteiger charge is -1.97. The monoisotopic (exact) mass is 269 g/mol. The van der Waals surface area contributed by atoms with Crippen molar-refractivity contribution in [3.63, 3.8) is 0 Å². The van der Waals surface area contributed by atoms with E-state index in [-0.39, 0.29) is 10.7 Å². The van der Waals surface area contributed by atoms with E-state index in [1.807, 2.05) is 0 Å². The molecule has 12 heavy (non-hydrogen) atoms. The van der Waals surface area contributed by atoms with Crippen LogP contribution < -0.4 is 0 Å². The van der Waals surface area contributed by atoms with E-state index >= 15 is 0 Å². The van der Waals surface area contributed by atoms with E-state index in [0.29, 0.717) is 9.50 Å². The van der Waals surface area contributed by atoms with Crippen LogP contribution in [-0.2, 0) is 0 Å². The van der Waals surface area contributed by atoms with Crippen LogP contribution in [-0.4, -0.2) is 4.92 Å². The van der Waals surface area contributed by atoms with Crippen LogP contribution in [0.4, 0.5) is 5.69 Å². The molecule has 3 nitrogen and oxygen atoms in total. The molecule has 1 aromatic rings. The Kier molecular flexibility index (Phi) is 2.93. The van der Waals surface area contributed by atoms with Gasteiger partial charge in [-0.25, -0.2) is 0 Å². The fourth-order valence-corrected chi connectivity index (χ4v) is 1.44. The average molecular weight is 271 g/mol. The van der Waals surface area contributed by atoms with Crippen LogP contribution in [0.5, 0.6) is 0 Å². The second-order valence-electron chi connectivity index (χ2n) is 1.97. The van der Waals surface area contributed by atoms with E-state index in [2.05, 4.69) is 15.9 Å². The van der Waals surface area contributed by atoms with Crippen molar-refractivity contribution < 1.29 is 4.92 Å². The van der Waals surface area contributed by atoms with Crippen LogP contribution in [0.3, 0.4) is 0 Å². The molecule has 1 aromatic carbocycles. The normalized spacial score (nSPS) is 9.92. The maximum Gasteiger partial charge on any atom is 0.289 e. The fourth-order valence-electron chi connectivity index (χ4n) is 0.652. The minimum absolute atomic E-state index is 0.0354. The quantitative estimate of drug-likeness (QED) is 0.444. The summed E-state index contributed by atoms with van der Waals surface area (Å²) in [4.78, 5) is 9.78. The fraction of sp³-hybridized carbons (Fsp3) is 0. The van der Waals surface area contributed by atoms with E-state index in [0.717, 1.165) is 0 Å². The van der Waals surface area contributed by atoms with Crippen molar-refractivity contribution in [2.75, 3.05) is 0 Å². The molecule has 0 N–H and O–H groups in total. The Morgan fingerprint density at radius 2 is 1.92 bits per heavy atom. The molecule has 64 valence electrons. The molecule has 0 amide bonds. The standard InChI is InChI=1S/C6H2BrCl2NO2/c7-3-1-6(10(11)12)5(9)2-4(3)8/h1-2H. The predicted octanol–water partition coefficient (Wildman–Crippen LogP) is 3.66. The number of benzene rings is 1. The number of nitrogens with zero attached hydrogens (tertiary/aromatic N) is 1. The van der Waals surface area contributed by atoms with Gasteiger partial charge in [-0.3, -0.25) is 10.1 Å². The van der Waals surface area contributed by atoms with Gasteiger partial charge in [0.1, 0.15) is 5.02 Å². The maximum absolute atomic E-state index is 10.3. The van der Waals surface area contributed by atoms with Gasteiger partial charge in [0.2, 0.25) is 0 Å². The smallest absolute Gasteiger partial charge is 0.258 e. The summed E-state index contributed by atoms with van der Waals surface area (Å²) in [6.07, 6.45) is 0. The molecule has 0 aromatic heterocycles. The molecule has 6 heteroatoms. The topological polar surface area (TPSA) is 43.1 Å². The van der Waals surface area contributed by atoms with Gasteiger partial charge >= 0.3 is 0 Å². The lowest BCUT2D eigenvalue weighted by Crippen LogP contribution is -1.88. The molecule has 0 aliphatic rings. The van der Waals surface area contributed by atoms with E-state index in [1.165, 1.54) is 12.1 Å². The zero-order valence-electron chi connectivity index (χ0n) is 5.55. The molecular weight excluding hydrogens is 269 g/mol. The molecule has 0 aliphatic carbocycles. The first-order valence-corrected chi connectivity index (χ1v) is 4.36. The Bertz CT molecular complexity index is 343. The molecule has 0 unspecified atom stereocenters. The summed E-state index contributed by atoms with van der Waals surface area (Å²) in [6.45, 7) is 0. The second-order valence-corrected chi connectivity index (χ2v) is 3.64. The van der Waals surface area contributed by atoms with Gasteiger partial charge in [0, 0.05) is 10.5 Å². The van der Waals surface area contributed by atoms with Gasteiger partial charge in [0.05, 0.1) is 9.95 Å². The summed E-state index contributed by atoms with van der Waals surface area (Å²) in [5.41, 5.74) is -0.159. The van der Waals surface area contributed by atoms with Crippen LogP contribution in [0.1, 0.15) is 0 Å². The molecule has 0 spiro atoms. The van der Waals surface area contributed by atoms with Gasteiger partial charge in [-0.1, -0.05) is 23.2 Å². The number of rotatable bonds is 1. The van der Waals surface area contributed by atoms with Crippen LogP contribution >= 0.6 is 39.1 Å². The lowest BCUT2D eigenvalue weighted by molar-refractivity contribution is -0.384. The Morgan fingerprint density at radius 3 is 2.42 bits per heavy atom. The van der Waals surface area contributed by atoms with Crippen LogP contribution in [0.15, 0.2) is 16.6 Å². The first kappa shape index (κ1) is 9.77. The summed E-state index contributed by atoms with van der Waals surface area (Å²) in [7, 11) is 0. The molecule has 1 rings (SSSR count). The van der Waals surface area contributed by atoms with Gasteiger partial charge in [-0.2, -0.15) is 0 Å². The lowest BCUT2D eigenvalue weighted by atomic mass is 10.3. The highest BCUT2D eigenvalue weighted by Gasteiger charge is 2.14. The van der Waals surface area contributed by atoms with Gasteiger partial charge in [0.25, 0.3) is 5.69 Å². The predicted molar refractivity (Wildman–Crippen MR) is 50.8 cm³/mol. The summed E-state index contributed by atoms with van der Waals surface area (Å²) in [6, 6.07) is 2.59. The minimum Gasteiger partial charge on any atom is -0.258 e. The molecular formula is C6H2BrCl2NO2. The molecule has 0 atom stereocenters. The highest BCUT2D eigenvalue weighted by atomic mass is 79.9. The molecule has 0 saturated heterocycles. The summed E-state index contributed by atoms with van der Waals surface area (Å²) >= 11 is 14.2. The Morgan fingerprint density at radius 1 is 1.33 bits per heavy atom. The Balaban J connectivity index is 3.33. The van der Waals surface area contributed by atoms with Gasteiger partial charge < -0.3 is 0 Å². The minimum atomic E-state index is -0.566. The number of halogens is 3. The van der Waals surface area contributed by atoms with Crippen molar-refractivity contribution in [2.45, 2.75) is 0 Å². The third-order valence-corrected chi connectivity index (χ3v) is 2.69. The first-order chi connectivity index (χ1) is 5.52. The second kappa shape index (κ2) is 3.60. The van der Waals surface area contributed by atoms with Crippen molar-refractivity contribution >= 4 is 44.8 Å². The molecule has 0 radical (unpaired) electrons. The Hall–Kier alpha value is -0.320. The van der Waals surface area contributed by atoms with Crippen molar-refractivity contribution in [1.29, 1.82) is 0 Å². The first-order valence-electron chi connectivity index (χ1n) is 2.81. The van der Waals surface area contributed by atoms with Crippen molar-refractivity contribution in [2.24, 2.45) is 0 Å². The highest BCUT2D eigenvalue weighted by molar-refractivity contribution is 9.10. The Labute approximate surface area is 86.6 Å². The average Bonchev–Trinajstić information content (AvgIpc) is 1.96. The maximum atomic E-state index is 10.3. The van der Waals surface area contributed by atoms with Crippen LogP contribution in [0.25, 0.3) is 0 Å². The van der Waals surface area contributed by atoms with E-state index in [9.17, 15) is 10.1 Å². The van der Waals surface area contributed by atoms with Crippen LogP contribution in [0.2, 0.25) is 10.0 Å². The van der Waals surface area contributed by atoms with E-state index in [4.69, 9.17) is 23.2 Å². The molecule has 0 aliphatic heterocycles. The summed E-state index contributed by atoms with van der Waals surface area (Å²) in [5, 5.41) is 10.7.